The van der Waals surface area contributed by atoms with Gasteiger partial charge < -0.3 is 20.4 Å². The Labute approximate surface area is 216 Å². The number of aliphatic carboxylic acids is 1. The molecular weight excluding hydrogens is 456 g/mol. The van der Waals surface area contributed by atoms with E-state index in [1.807, 2.05) is 0 Å². The number of aliphatic hydroxyl groups is 3. The molecule has 36 heavy (non-hydrogen) atoms. The molecule has 10 atom stereocenters. The number of carbonyl (C=O) groups is 2. The number of fused-ring (bicyclic) bond motifs is 2. The number of aliphatic hydroxyl groups excluding tert-OH is 2. The number of Topliss-reactive ketones (excluding diaryl/α,β-unsaturated/α-hetero) is 1. The first kappa shape index (κ1) is 26.6. The fourth-order valence-corrected chi connectivity index (χ4v) is 11.3. The summed E-state index contributed by atoms with van der Waals surface area (Å²) in [6.07, 6.45) is 5.90. The molecule has 6 nitrogen and oxygen atoms in total. The van der Waals surface area contributed by atoms with E-state index in [0.29, 0.717) is 37.4 Å². The van der Waals surface area contributed by atoms with Crippen LogP contribution in [-0.2, 0) is 9.59 Å². The van der Waals surface area contributed by atoms with Crippen LogP contribution >= 0.6 is 0 Å². The van der Waals surface area contributed by atoms with Gasteiger partial charge in [-0.2, -0.15) is 0 Å². The number of hydrogen-bond acceptors (Lipinski definition) is 5. The molecule has 4 N–H and O–H groups in total. The Hall–Kier alpha value is -0.980. The molecule has 5 rings (SSSR count). The van der Waals surface area contributed by atoms with Crippen LogP contribution in [0.4, 0.5) is 0 Å². The van der Waals surface area contributed by atoms with Gasteiger partial charge in [-0.1, -0.05) is 27.7 Å². The van der Waals surface area contributed by atoms with Crippen LogP contribution in [0.25, 0.3) is 0 Å². The largest absolute Gasteiger partial charge is 0.481 e. The SMILES string of the molecule is C[C@H](CC[C@@H](O)C(C)(C)O)[C@H]1[C@H](O)C[C@@]2(C(=O)O)[C@@H]3CC[C@H]4C(C)(C)C(=O)CC[C@@]45C[C@@]35CC[C@]12C. The molecule has 5 saturated carbocycles. The molecule has 0 aliphatic heterocycles. The highest BCUT2D eigenvalue weighted by Crippen LogP contribution is 2.88. The van der Waals surface area contributed by atoms with Gasteiger partial charge in [0.05, 0.1) is 23.2 Å². The second kappa shape index (κ2) is 7.79. The maximum absolute atomic E-state index is 13.4. The van der Waals surface area contributed by atoms with Gasteiger partial charge in [-0.05, 0) is 112 Å². The monoisotopic (exact) mass is 504 g/mol. The highest BCUT2D eigenvalue weighted by atomic mass is 16.4. The van der Waals surface area contributed by atoms with Crippen LogP contribution in [0.2, 0.25) is 0 Å². The Morgan fingerprint density at radius 3 is 2.28 bits per heavy atom. The summed E-state index contributed by atoms with van der Waals surface area (Å²) in [6.45, 7) is 11.7. The van der Waals surface area contributed by atoms with Crippen molar-refractivity contribution in [1.82, 2.24) is 0 Å². The average Bonchev–Trinajstić information content (AvgIpc) is 3.36. The maximum atomic E-state index is 13.4. The minimum absolute atomic E-state index is 0.0132. The molecule has 2 spiro atoms. The zero-order valence-electron chi connectivity index (χ0n) is 23.1. The summed E-state index contributed by atoms with van der Waals surface area (Å²) < 4.78 is 0. The van der Waals surface area contributed by atoms with Crippen LogP contribution in [0, 0.1) is 50.7 Å². The fraction of sp³-hybridized carbons (Fsp3) is 0.933. The summed E-state index contributed by atoms with van der Waals surface area (Å²) in [7, 11) is 0. The van der Waals surface area contributed by atoms with Gasteiger partial charge >= 0.3 is 5.97 Å². The average molecular weight is 505 g/mol. The molecule has 204 valence electrons. The summed E-state index contributed by atoms with van der Waals surface area (Å²) >= 11 is 0. The van der Waals surface area contributed by atoms with Gasteiger partial charge in [0.1, 0.15) is 5.78 Å². The highest BCUT2D eigenvalue weighted by Gasteiger charge is 2.85. The standard InChI is InChI=1S/C30H48O6/c1-17(7-10-22(33)26(4,5)36)23-18(31)15-30(24(34)35)20-9-8-19-25(2,3)21(32)11-12-28(19)16-29(20,28)14-13-27(23,30)6/h17-20,22-23,31,33,36H,7-16H2,1-6H3,(H,34,35)/t17-,18-,19+,20-,22-,23+,27-,28-,29+,30+/m1/s1. The van der Waals surface area contributed by atoms with Crippen molar-refractivity contribution in [2.24, 2.45) is 50.7 Å². The summed E-state index contributed by atoms with van der Waals surface area (Å²) in [5.41, 5.74) is -2.93. The molecule has 0 radical (unpaired) electrons. The summed E-state index contributed by atoms with van der Waals surface area (Å²) in [4.78, 5) is 26.3. The third-order valence-electron chi connectivity index (χ3n) is 13.1. The topological polar surface area (TPSA) is 115 Å². The Kier molecular flexibility index (Phi) is 5.76. The van der Waals surface area contributed by atoms with Crippen molar-refractivity contribution in [1.29, 1.82) is 0 Å². The Balaban J connectivity index is 1.48. The number of carbonyl (C=O) groups excluding carboxylic acids is 1. The molecule has 0 unspecified atom stereocenters. The number of rotatable bonds is 6. The molecule has 0 aromatic heterocycles. The van der Waals surface area contributed by atoms with Crippen molar-refractivity contribution in [2.45, 2.75) is 124 Å². The zero-order chi connectivity index (χ0) is 26.7. The van der Waals surface area contributed by atoms with E-state index in [1.165, 1.54) is 0 Å². The molecule has 0 bridgehead atoms. The van der Waals surface area contributed by atoms with Crippen molar-refractivity contribution >= 4 is 11.8 Å². The zero-order valence-corrected chi connectivity index (χ0v) is 23.1. The predicted octanol–water partition coefficient (Wildman–Crippen LogP) is 4.58. The molecular formula is C30H48O6. The Morgan fingerprint density at radius 2 is 1.67 bits per heavy atom. The van der Waals surface area contributed by atoms with Gasteiger partial charge in [0, 0.05) is 11.8 Å². The van der Waals surface area contributed by atoms with Crippen molar-refractivity contribution in [3.63, 3.8) is 0 Å². The van der Waals surface area contributed by atoms with Gasteiger partial charge in [-0.3, -0.25) is 9.59 Å². The van der Waals surface area contributed by atoms with Gasteiger partial charge in [-0.15, -0.1) is 0 Å². The van der Waals surface area contributed by atoms with Gasteiger partial charge in [0.25, 0.3) is 0 Å². The first-order chi connectivity index (χ1) is 16.5. The number of carboxylic acids is 1. The minimum Gasteiger partial charge on any atom is -0.481 e. The Bertz CT molecular complexity index is 952. The Morgan fingerprint density at radius 1 is 1.06 bits per heavy atom. The maximum Gasteiger partial charge on any atom is 0.310 e. The van der Waals surface area contributed by atoms with Crippen LogP contribution < -0.4 is 0 Å². The van der Waals surface area contributed by atoms with E-state index in [0.717, 1.165) is 38.5 Å². The third kappa shape index (κ3) is 3.07. The summed E-state index contributed by atoms with van der Waals surface area (Å²) in [5, 5.41) is 43.1. The van der Waals surface area contributed by atoms with E-state index in [9.17, 15) is 30.0 Å². The lowest BCUT2D eigenvalue weighted by Crippen LogP contribution is -2.60. The van der Waals surface area contributed by atoms with Crippen molar-refractivity contribution in [3.05, 3.63) is 0 Å². The highest BCUT2D eigenvalue weighted by molar-refractivity contribution is 5.86. The third-order valence-corrected chi connectivity index (χ3v) is 13.1. The number of ketones is 1. The molecule has 6 heteroatoms. The fourth-order valence-electron chi connectivity index (χ4n) is 11.3. The number of hydrogen-bond donors (Lipinski definition) is 4. The van der Waals surface area contributed by atoms with Crippen LogP contribution in [0.3, 0.4) is 0 Å². The van der Waals surface area contributed by atoms with E-state index in [2.05, 4.69) is 27.7 Å². The molecule has 5 fully saturated rings. The van der Waals surface area contributed by atoms with Crippen LogP contribution in [0.1, 0.15) is 106 Å². The van der Waals surface area contributed by atoms with E-state index in [-0.39, 0.29) is 34.0 Å². The summed E-state index contributed by atoms with van der Waals surface area (Å²) in [5.74, 6) is -0.126. The van der Waals surface area contributed by atoms with Crippen LogP contribution in [0.5, 0.6) is 0 Å². The molecule has 5 aliphatic carbocycles. The number of carboxylic acid groups (broad SMARTS) is 1. The first-order valence-electron chi connectivity index (χ1n) is 14.4. The van der Waals surface area contributed by atoms with Crippen molar-refractivity contribution < 1.29 is 30.0 Å². The van der Waals surface area contributed by atoms with Crippen molar-refractivity contribution in [3.8, 4) is 0 Å². The van der Waals surface area contributed by atoms with Gasteiger partial charge in [0.15, 0.2) is 0 Å². The second-order valence-electron chi connectivity index (χ2n) is 15.0. The quantitative estimate of drug-likeness (QED) is 0.421. The normalized spacial score (nSPS) is 48.8. The van der Waals surface area contributed by atoms with Gasteiger partial charge in [-0.25, -0.2) is 0 Å². The van der Waals surface area contributed by atoms with Gasteiger partial charge in [0.2, 0.25) is 0 Å². The van der Waals surface area contributed by atoms with Crippen LogP contribution in [0.15, 0.2) is 0 Å². The second-order valence-corrected chi connectivity index (χ2v) is 15.0. The molecule has 0 heterocycles. The molecule has 0 aromatic carbocycles. The molecule has 0 saturated heterocycles. The minimum atomic E-state index is -1.19. The van der Waals surface area contributed by atoms with Crippen molar-refractivity contribution in [2.75, 3.05) is 0 Å². The predicted molar refractivity (Wildman–Crippen MR) is 136 cm³/mol. The van der Waals surface area contributed by atoms with E-state index < -0.39 is 34.6 Å². The lowest BCUT2D eigenvalue weighted by atomic mass is 9.41. The molecule has 5 aliphatic rings. The summed E-state index contributed by atoms with van der Waals surface area (Å²) in [6, 6.07) is 0. The van der Waals surface area contributed by atoms with E-state index in [4.69, 9.17) is 0 Å². The lowest BCUT2D eigenvalue weighted by Gasteiger charge is -2.61. The van der Waals surface area contributed by atoms with E-state index >= 15 is 0 Å². The lowest BCUT2D eigenvalue weighted by molar-refractivity contribution is -0.190. The smallest absolute Gasteiger partial charge is 0.310 e. The first-order valence-corrected chi connectivity index (χ1v) is 14.4. The van der Waals surface area contributed by atoms with Crippen LogP contribution in [-0.4, -0.2) is 50.0 Å². The molecule has 0 amide bonds. The van der Waals surface area contributed by atoms with E-state index in [1.54, 1.807) is 13.8 Å². The molecule has 0 aromatic rings.